The van der Waals surface area contributed by atoms with Gasteiger partial charge in [-0.3, -0.25) is 4.79 Å². The fourth-order valence-corrected chi connectivity index (χ4v) is 3.37. The highest BCUT2D eigenvalue weighted by Crippen LogP contribution is 2.27. The summed E-state index contributed by atoms with van der Waals surface area (Å²) in [6.45, 7) is 4.30. The molecule has 1 unspecified atom stereocenters. The van der Waals surface area contributed by atoms with Gasteiger partial charge in [-0.2, -0.15) is 0 Å². The molecule has 0 aromatic carbocycles. The van der Waals surface area contributed by atoms with Crippen LogP contribution in [0.2, 0.25) is 0 Å². The molecule has 7 heteroatoms. The molecule has 3 heterocycles. The van der Waals surface area contributed by atoms with E-state index in [-0.39, 0.29) is 11.9 Å². The number of amides is 1. The molecule has 0 radical (unpaired) electrons. The minimum absolute atomic E-state index is 0.0623. The van der Waals surface area contributed by atoms with Gasteiger partial charge in [-0.15, -0.1) is 11.8 Å². The van der Waals surface area contributed by atoms with Crippen LogP contribution in [-0.2, 0) is 4.79 Å². The fourth-order valence-electron chi connectivity index (χ4n) is 2.99. The van der Waals surface area contributed by atoms with Crippen molar-refractivity contribution in [1.82, 2.24) is 20.2 Å². The molecule has 0 spiro atoms. The Balaban J connectivity index is 1.76. The van der Waals surface area contributed by atoms with Crippen LogP contribution in [0.4, 0.5) is 5.82 Å². The van der Waals surface area contributed by atoms with Crippen molar-refractivity contribution in [2.24, 2.45) is 0 Å². The lowest BCUT2D eigenvalue weighted by molar-refractivity contribution is -0.133. The van der Waals surface area contributed by atoms with E-state index in [1.165, 1.54) is 0 Å². The Labute approximate surface area is 129 Å². The second-order valence-corrected chi connectivity index (χ2v) is 6.17. The molecule has 21 heavy (non-hydrogen) atoms. The van der Waals surface area contributed by atoms with E-state index in [4.69, 9.17) is 0 Å². The maximum atomic E-state index is 12.7. The molecule has 0 bridgehead atoms. The van der Waals surface area contributed by atoms with E-state index >= 15 is 0 Å². The molecule has 1 N–H and O–H groups in total. The van der Waals surface area contributed by atoms with Crippen molar-refractivity contribution in [2.45, 2.75) is 23.9 Å². The van der Waals surface area contributed by atoms with E-state index < -0.39 is 0 Å². The Hall–Kier alpha value is -1.34. The van der Waals surface area contributed by atoms with Gasteiger partial charge in [0.05, 0.1) is 0 Å². The summed E-state index contributed by atoms with van der Waals surface area (Å²) >= 11 is 1.60. The van der Waals surface area contributed by atoms with Crippen molar-refractivity contribution in [2.75, 3.05) is 43.9 Å². The van der Waals surface area contributed by atoms with Crippen LogP contribution < -0.4 is 10.2 Å². The van der Waals surface area contributed by atoms with Crippen molar-refractivity contribution in [3.05, 3.63) is 12.4 Å². The quantitative estimate of drug-likeness (QED) is 0.652. The smallest absolute Gasteiger partial charge is 0.245 e. The molecule has 2 saturated heterocycles. The zero-order valence-electron chi connectivity index (χ0n) is 12.3. The van der Waals surface area contributed by atoms with Crippen LogP contribution in [0.15, 0.2) is 17.4 Å². The third-order valence-electron chi connectivity index (χ3n) is 4.10. The van der Waals surface area contributed by atoms with E-state index in [1.807, 2.05) is 17.2 Å². The number of nitrogens with one attached hydrogen (secondary N) is 1. The molecule has 3 rings (SSSR count). The summed E-state index contributed by atoms with van der Waals surface area (Å²) in [5, 5.41) is 4.23. The van der Waals surface area contributed by atoms with Gasteiger partial charge in [0.2, 0.25) is 5.91 Å². The van der Waals surface area contributed by atoms with Gasteiger partial charge in [-0.05, 0) is 19.1 Å². The SMILES string of the molecule is CSc1cc(N2CCCC2C(=O)N2CCNCC2)ncn1. The topological polar surface area (TPSA) is 61.4 Å². The number of anilines is 1. The number of thioether (sulfide) groups is 1. The summed E-state index contributed by atoms with van der Waals surface area (Å²) in [5.41, 5.74) is 0. The number of hydrogen-bond acceptors (Lipinski definition) is 6. The normalized spacial score (nSPS) is 22.6. The van der Waals surface area contributed by atoms with Crippen LogP contribution in [-0.4, -0.2) is 65.8 Å². The summed E-state index contributed by atoms with van der Waals surface area (Å²) in [5.74, 6) is 1.12. The number of carbonyl (C=O) groups is 1. The predicted molar refractivity (Wildman–Crippen MR) is 83.6 cm³/mol. The van der Waals surface area contributed by atoms with E-state index in [0.29, 0.717) is 0 Å². The lowest BCUT2D eigenvalue weighted by atomic mass is 10.1. The summed E-state index contributed by atoms with van der Waals surface area (Å²) in [6, 6.07) is 1.92. The number of nitrogens with zero attached hydrogens (tertiary/aromatic N) is 4. The van der Waals surface area contributed by atoms with Crippen LogP contribution in [0.5, 0.6) is 0 Å². The average molecular weight is 307 g/mol. The second-order valence-electron chi connectivity index (χ2n) is 5.35. The van der Waals surface area contributed by atoms with E-state index in [2.05, 4.69) is 20.2 Å². The lowest BCUT2D eigenvalue weighted by Crippen LogP contribution is -2.52. The van der Waals surface area contributed by atoms with Gasteiger partial charge in [0.1, 0.15) is 23.2 Å². The Bertz CT molecular complexity index is 506. The van der Waals surface area contributed by atoms with Gasteiger partial charge in [0, 0.05) is 38.8 Å². The van der Waals surface area contributed by atoms with Gasteiger partial charge in [0.25, 0.3) is 0 Å². The van der Waals surface area contributed by atoms with Crippen molar-refractivity contribution >= 4 is 23.5 Å². The molecule has 114 valence electrons. The van der Waals surface area contributed by atoms with E-state index in [1.54, 1.807) is 18.1 Å². The molecule has 0 aliphatic carbocycles. The van der Waals surface area contributed by atoms with Gasteiger partial charge in [0.15, 0.2) is 0 Å². The molecule has 2 aliphatic heterocycles. The number of carbonyl (C=O) groups excluding carboxylic acids is 1. The highest BCUT2D eigenvalue weighted by Gasteiger charge is 2.34. The average Bonchev–Trinajstić information content (AvgIpc) is 3.04. The first-order chi connectivity index (χ1) is 10.3. The third-order valence-corrected chi connectivity index (χ3v) is 4.74. The summed E-state index contributed by atoms with van der Waals surface area (Å²) in [4.78, 5) is 25.4. The lowest BCUT2D eigenvalue weighted by Gasteiger charge is -2.33. The molecule has 0 saturated carbocycles. The largest absolute Gasteiger partial charge is 0.344 e. The monoisotopic (exact) mass is 307 g/mol. The second kappa shape index (κ2) is 6.62. The number of rotatable bonds is 3. The first-order valence-electron chi connectivity index (χ1n) is 7.42. The standard InChI is InChI=1S/C14H21N5OS/c1-21-13-9-12(16-10-17-13)19-6-2-3-11(19)14(20)18-7-4-15-5-8-18/h9-11,15H,2-8H2,1H3. The minimum atomic E-state index is -0.0623. The van der Waals surface area contributed by atoms with Gasteiger partial charge in [-0.1, -0.05) is 0 Å². The van der Waals surface area contributed by atoms with Gasteiger partial charge in [-0.25, -0.2) is 9.97 Å². The molecule has 1 aromatic rings. The van der Waals surface area contributed by atoms with Crippen LogP contribution in [0, 0.1) is 0 Å². The Morgan fingerprint density at radius 1 is 1.33 bits per heavy atom. The molecule has 1 amide bonds. The Morgan fingerprint density at radius 2 is 2.14 bits per heavy atom. The number of hydrogen-bond donors (Lipinski definition) is 1. The Morgan fingerprint density at radius 3 is 2.90 bits per heavy atom. The number of aromatic nitrogens is 2. The highest BCUT2D eigenvalue weighted by molar-refractivity contribution is 7.98. The third kappa shape index (κ3) is 3.13. The fraction of sp³-hybridized carbons (Fsp3) is 0.643. The van der Waals surface area contributed by atoms with Gasteiger partial charge >= 0.3 is 0 Å². The first kappa shape index (κ1) is 14.6. The molecular weight excluding hydrogens is 286 g/mol. The Kier molecular flexibility index (Phi) is 4.60. The summed E-state index contributed by atoms with van der Waals surface area (Å²) in [6.07, 6.45) is 5.55. The maximum Gasteiger partial charge on any atom is 0.245 e. The van der Waals surface area contributed by atoms with Crippen molar-refractivity contribution in [3.8, 4) is 0 Å². The van der Waals surface area contributed by atoms with Crippen molar-refractivity contribution < 1.29 is 4.79 Å². The van der Waals surface area contributed by atoms with Crippen LogP contribution in [0.3, 0.4) is 0 Å². The zero-order chi connectivity index (χ0) is 14.7. The van der Waals surface area contributed by atoms with E-state index in [9.17, 15) is 4.79 Å². The molecule has 2 aliphatic rings. The minimum Gasteiger partial charge on any atom is -0.344 e. The van der Waals surface area contributed by atoms with Crippen LogP contribution in [0.25, 0.3) is 0 Å². The van der Waals surface area contributed by atoms with Crippen molar-refractivity contribution in [1.29, 1.82) is 0 Å². The van der Waals surface area contributed by atoms with E-state index in [0.717, 1.165) is 56.4 Å². The molecule has 1 atom stereocenters. The predicted octanol–water partition coefficient (Wildman–Crippen LogP) is 0.599. The van der Waals surface area contributed by atoms with Crippen molar-refractivity contribution in [3.63, 3.8) is 0 Å². The molecule has 6 nitrogen and oxygen atoms in total. The molecule has 1 aromatic heterocycles. The zero-order valence-corrected chi connectivity index (χ0v) is 13.1. The highest BCUT2D eigenvalue weighted by atomic mass is 32.2. The van der Waals surface area contributed by atoms with Crippen LogP contribution >= 0.6 is 11.8 Å². The number of piperazine rings is 1. The maximum absolute atomic E-state index is 12.7. The van der Waals surface area contributed by atoms with Gasteiger partial charge < -0.3 is 15.1 Å². The summed E-state index contributed by atoms with van der Waals surface area (Å²) < 4.78 is 0. The van der Waals surface area contributed by atoms with Crippen LogP contribution in [0.1, 0.15) is 12.8 Å². The first-order valence-corrected chi connectivity index (χ1v) is 8.64. The molecular formula is C14H21N5OS. The summed E-state index contributed by atoms with van der Waals surface area (Å²) in [7, 11) is 0. The molecule has 2 fully saturated rings.